The molecule has 0 atom stereocenters. The van der Waals surface area contributed by atoms with Gasteiger partial charge in [0.15, 0.2) is 0 Å². The highest BCUT2D eigenvalue weighted by Crippen LogP contribution is 2.30. The minimum absolute atomic E-state index is 0.181. The lowest BCUT2D eigenvalue weighted by Crippen LogP contribution is -2.25. The number of aryl methyl sites for hydroxylation is 5. The smallest absolute Gasteiger partial charge is 0.259 e. The molecule has 4 aromatic heterocycles. The summed E-state index contributed by atoms with van der Waals surface area (Å²) in [6.45, 7) is 8.86. The quantitative estimate of drug-likeness (QED) is 0.375. The van der Waals surface area contributed by atoms with E-state index >= 15 is 0 Å². The van der Waals surface area contributed by atoms with Gasteiger partial charge in [-0.2, -0.15) is 0 Å². The molecule has 8 heteroatoms. The summed E-state index contributed by atoms with van der Waals surface area (Å²) in [6, 6.07) is 11.8. The van der Waals surface area contributed by atoms with Crippen LogP contribution in [0.5, 0.6) is 0 Å². The van der Waals surface area contributed by atoms with Gasteiger partial charge < -0.3 is 18.8 Å². The van der Waals surface area contributed by atoms with Gasteiger partial charge in [0.1, 0.15) is 17.3 Å². The molecule has 168 valence electrons. The van der Waals surface area contributed by atoms with Crippen LogP contribution in [0.25, 0.3) is 33.4 Å². The molecule has 33 heavy (non-hydrogen) atoms. The Morgan fingerprint density at radius 3 is 2.70 bits per heavy atom. The number of furan rings is 1. The van der Waals surface area contributed by atoms with Gasteiger partial charge in [-0.05, 0) is 58.4 Å². The number of hydrogen-bond donors (Lipinski definition) is 1. The summed E-state index contributed by atoms with van der Waals surface area (Å²) in [5.41, 5.74) is 5.02. The zero-order valence-corrected chi connectivity index (χ0v) is 19.1. The van der Waals surface area contributed by atoms with Crippen LogP contribution in [0.2, 0.25) is 0 Å². The highest BCUT2D eigenvalue weighted by molar-refractivity contribution is 6.07. The summed E-state index contributed by atoms with van der Waals surface area (Å²) < 4.78 is 13.2. The molecule has 0 radical (unpaired) electrons. The topological polar surface area (TPSA) is 99.0 Å². The van der Waals surface area contributed by atoms with Crippen LogP contribution in [0.1, 0.15) is 39.8 Å². The molecule has 0 unspecified atom stereocenters. The number of imidazole rings is 1. The van der Waals surface area contributed by atoms with E-state index in [0.29, 0.717) is 34.6 Å². The van der Waals surface area contributed by atoms with Gasteiger partial charge in [0, 0.05) is 18.7 Å². The van der Waals surface area contributed by atoms with E-state index in [4.69, 9.17) is 8.94 Å². The molecule has 5 rings (SSSR count). The van der Waals surface area contributed by atoms with Crippen LogP contribution in [-0.4, -0.2) is 32.1 Å². The van der Waals surface area contributed by atoms with Gasteiger partial charge >= 0.3 is 0 Å². The third-order valence-electron chi connectivity index (χ3n) is 5.87. The number of rotatable bonds is 6. The largest absolute Gasteiger partial charge is 0.466 e. The number of aromatic nitrogens is 4. The van der Waals surface area contributed by atoms with Gasteiger partial charge in [-0.25, -0.2) is 9.97 Å². The lowest BCUT2D eigenvalue weighted by atomic mass is 10.1. The van der Waals surface area contributed by atoms with Crippen LogP contribution >= 0.6 is 0 Å². The van der Waals surface area contributed by atoms with Crippen molar-refractivity contribution < 1.29 is 13.7 Å². The van der Waals surface area contributed by atoms with Crippen molar-refractivity contribution in [2.24, 2.45) is 0 Å². The second-order valence-electron chi connectivity index (χ2n) is 8.24. The van der Waals surface area contributed by atoms with Crippen LogP contribution < -0.4 is 5.32 Å². The lowest BCUT2D eigenvalue weighted by Gasteiger charge is -2.10. The predicted octanol–water partition coefficient (Wildman–Crippen LogP) is 4.89. The van der Waals surface area contributed by atoms with Gasteiger partial charge in [0.25, 0.3) is 11.6 Å². The van der Waals surface area contributed by atoms with E-state index in [-0.39, 0.29) is 5.91 Å². The van der Waals surface area contributed by atoms with Crippen LogP contribution in [-0.2, 0) is 6.54 Å². The second kappa shape index (κ2) is 8.20. The Kier molecular flexibility index (Phi) is 5.20. The fourth-order valence-electron chi connectivity index (χ4n) is 4.31. The molecule has 0 spiro atoms. The summed E-state index contributed by atoms with van der Waals surface area (Å²) in [6.07, 6.45) is 0.774. The summed E-state index contributed by atoms with van der Waals surface area (Å²) >= 11 is 0. The number of carbonyl (C=O) groups excluding carboxylic acids is 1. The SMILES string of the molecule is Cc1cc(-c2cc(C(=O)NCCCn3c(C)nc4ccccc43)c3c(C)noc3n2)c(C)o1. The summed E-state index contributed by atoms with van der Waals surface area (Å²) in [5, 5.41) is 7.69. The van der Waals surface area contributed by atoms with Gasteiger partial charge in [0.2, 0.25) is 0 Å². The number of hydrogen-bond acceptors (Lipinski definition) is 6. The molecule has 5 aromatic rings. The molecule has 0 aliphatic carbocycles. The molecule has 1 N–H and O–H groups in total. The molecular weight excluding hydrogens is 418 g/mol. The number of para-hydroxylation sites is 2. The Bertz CT molecular complexity index is 1490. The molecule has 0 fully saturated rings. The molecule has 8 nitrogen and oxygen atoms in total. The number of fused-ring (bicyclic) bond motifs is 2. The third-order valence-corrected chi connectivity index (χ3v) is 5.87. The summed E-state index contributed by atoms with van der Waals surface area (Å²) in [5.74, 6) is 2.31. The van der Waals surface area contributed by atoms with E-state index in [1.165, 1.54) is 0 Å². The number of amides is 1. The van der Waals surface area contributed by atoms with Crippen molar-refractivity contribution >= 4 is 28.0 Å². The molecule has 4 heterocycles. The molecule has 0 saturated carbocycles. The zero-order valence-electron chi connectivity index (χ0n) is 19.1. The zero-order chi connectivity index (χ0) is 23.1. The Labute approximate surface area is 190 Å². The number of carbonyl (C=O) groups is 1. The molecule has 0 aliphatic rings. The standard InChI is InChI=1S/C25H25N5O3/c1-14-12-18(16(3)32-14)21-13-19(23-15(2)29-33-25(23)28-21)24(31)26-10-7-11-30-17(4)27-20-8-5-6-9-22(20)30/h5-6,8-9,12-13H,7,10-11H2,1-4H3,(H,26,31). The number of benzene rings is 1. The minimum Gasteiger partial charge on any atom is -0.466 e. The van der Waals surface area contributed by atoms with Crippen LogP contribution in [0.4, 0.5) is 0 Å². The van der Waals surface area contributed by atoms with Gasteiger partial charge in [-0.3, -0.25) is 4.79 Å². The van der Waals surface area contributed by atoms with Crippen molar-refractivity contribution in [3.63, 3.8) is 0 Å². The van der Waals surface area contributed by atoms with E-state index in [1.54, 1.807) is 6.07 Å². The molecule has 0 saturated heterocycles. The van der Waals surface area contributed by atoms with E-state index in [1.807, 2.05) is 52.0 Å². The maximum absolute atomic E-state index is 13.2. The average molecular weight is 444 g/mol. The normalized spacial score (nSPS) is 11.5. The van der Waals surface area contributed by atoms with Crippen molar-refractivity contribution in [1.82, 2.24) is 25.0 Å². The fraction of sp³-hybridized carbons (Fsp3) is 0.280. The van der Waals surface area contributed by atoms with E-state index < -0.39 is 0 Å². The number of nitrogens with zero attached hydrogens (tertiary/aromatic N) is 4. The molecular formula is C25H25N5O3. The number of nitrogens with one attached hydrogen (secondary N) is 1. The Morgan fingerprint density at radius 1 is 1.09 bits per heavy atom. The van der Waals surface area contributed by atoms with Crippen molar-refractivity contribution in [2.45, 2.75) is 40.7 Å². The maximum atomic E-state index is 13.2. The Morgan fingerprint density at radius 2 is 1.91 bits per heavy atom. The van der Waals surface area contributed by atoms with E-state index in [2.05, 4.69) is 31.1 Å². The number of pyridine rings is 1. The second-order valence-corrected chi connectivity index (χ2v) is 8.24. The third kappa shape index (κ3) is 3.77. The van der Waals surface area contributed by atoms with Crippen molar-refractivity contribution in [2.75, 3.05) is 6.54 Å². The first-order chi connectivity index (χ1) is 15.9. The minimum atomic E-state index is -0.181. The summed E-state index contributed by atoms with van der Waals surface area (Å²) in [7, 11) is 0. The molecule has 0 bridgehead atoms. The first-order valence-electron chi connectivity index (χ1n) is 11.0. The van der Waals surface area contributed by atoms with E-state index in [9.17, 15) is 4.79 Å². The summed E-state index contributed by atoms with van der Waals surface area (Å²) in [4.78, 5) is 22.3. The van der Waals surface area contributed by atoms with Crippen molar-refractivity contribution in [1.29, 1.82) is 0 Å². The first kappa shape index (κ1) is 20.9. The maximum Gasteiger partial charge on any atom is 0.259 e. The Balaban J connectivity index is 1.36. The molecule has 1 aromatic carbocycles. The monoisotopic (exact) mass is 443 g/mol. The fourth-order valence-corrected chi connectivity index (χ4v) is 4.31. The van der Waals surface area contributed by atoms with E-state index in [0.717, 1.165) is 46.9 Å². The molecule has 1 amide bonds. The van der Waals surface area contributed by atoms with Gasteiger partial charge in [-0.1, -0.05) is 17.3 Å². The first-order valence-corrected chi connectivity index (χ1v) is 11.0. The van der Waals surface area contributed by atoms with Gasteiger partial charge in [-0.15, -0.1) is 0 Å². The Hall–Kier alpha value is -3.94. The van der Waals surface area contributed by atoms with Crippen LogP contribution in [0.15, 0.2) is 45.3 Å². The van der Waals surface area contributed by atoms with Crippen LogP contribution in [0, 0.1) is 27.7 Å². The van der Waals surface area contributed by atoms with Gasteiger partial charge in [0.05, 0.1) is 33.4 Å². The highest BCUT2D eigenvalue weighted by atomic mass is 16.5. The van der Waals surface area contributed by atoms with Crippen molar-refractivity contribution in [3.8, 4) is 11.3 Å². The molecule has 0 aliphatic heterocycles. The van der Waals surface area contributed by atoms with Crippen molar-refractivity contribution in [3.05, 3.63) is 65.0 Å². The lowest BCUT2D eigenvalue weighted by molar-refractivity contribution is 0.0954. The van der Waals surface area contributed by atoms with Crippen LogP contribution in [0.3, 0.4) is 0 Å². The average Bonchev–Trinajstić information content (AvgIpc) is 3.44. The predicted molar refractivity (Wildman–Crippen MR) is 125 cm³/mol. The highest BCUT2D eigenvalue weighted by Gasteiger charge is 2.21.